The second kappa shape index (κ2) is 4.14. The van der Waals surface area contributed by atoms with Gasteiger partial charge in [-0.3, -0.25) is 4.68 Å². The van der Waals surface area contributed by atoms with Gasteiger partial charge in [0.1, 0.15) is 5.52 Å². The number of benzene rings is 1. The standard InChI is InChI=1S/C12H13N5O/c1-8-15-11-5-9(3-4-12(11)18-8)13-6-10-7-14-16-17(10)2/h3-5,7,13H,6H2,1-2H3. The van der Waals surface area contributed by atoms with Crippen LogP contribution in [0.2, 0.25) is 0 Å². The largest absolute Gasteiger partial charge is 0.441 e. The van der Waals surface area contributed by atoms with Crippen molar-refractivity contribution in [2.45, 2.75) is 13.5 Å². The van der Waals surface area contributed by atoms with Gasteiger partial charge >= 0.3 is 0 Å². The molecule has 1 aromatic carbocycles. The SMILES string of the molecule is Cc1nc2cc(NCc3cnnn3C)ccc2o1. The smallest absolute Gasteiger partial charge is 0.192 e. The summed E-state index contributed by atoms with van der Waals surface area (Å²) >= 11 is 0. The van der Waals surface area contributed by atoms with Crippen molar-refractivity contribution in [2.24, 2.45) is 7.05 Å². The van der Waals surface area contributed by atoms with Gasteiger partial charge in [-0.2, -0.15) is 0 Å². The van der Waals surface area contributed by atoms with Gasteiger partial charge in [-0.05, 0) is 18.2 Å². The second-order valence-corrected chi connectivity index (χ2v) is 4.12. The maximum atomic E-state index is 5.43. The third-order valence-electron chi connectivity index (χ3n) is 2.78. The van der Waals surface area contributed by atoms with Gasteiger partial charge < -0.3 is 9.73 Å². The van der Waals surface area contributed by atoms with Gasteiger partial charge in [0.2, 0.25) is 0 Å². The number of hydrogen-bond acceptors (Lipinski definition) is 5. The number of nitrogens with one attached hydrogen (secondary N) is 1. The fourth-order valence-corrected chi connectivity index (χ4v) is 1.82. The monoisotopic (exact) mass is 243 g/mol. The lowest BCUT2D eigenvalue weighted by molar-refractivity contribution is 0.561. The van der Waals surface area contributed by atoms with Crippen LogP contribution in [0.4, 0.5) is 5.69 Å². The van der Waals surface area contributed by atoms with E-state index in [1.54, 1.807) is 10.9 Å². The summed E-state index contributed by atoms with van der Waals surface area (Å²) < 4.78 is 7.17. The first kappa shape index (κ1) is 10.8. The molecular weight excluding hydrogens is 230 g/mol. The van der Waals surface area contributed by atoms with Crippen LogP contribution < -0.4 is 5.32 Å². The van der Waals surface area contributed by atoms with Gasteiger partial charge in [0, 0.05) is 19.7 Å². The minimum absolute atomic E-state index is 0.672. The third-order valence-corrected chi connectivity index (χ3v) is 2.78. The highest BCUT2D eigenvalue weighted by Crippen LogP contribution is 2.19. The molecule has 6 heteroatoms. The van der Waals surface area contributed by atoms with Crippen LogP contribution in [0, 0.1) is 6.92 Å². The molecule has 92 valence electrons. The van der Waals surface area contributed by atoms with E-state index in [4.69, 9.17) is 4.42 Å². The predicted molar refractivity (Wildman–Crippen MR) is 67.1 cm³/mol. The van der Waals surface area contributed by atoms with Crippen LogP contribution in [0.5, 0.6) is 0 Å². The highest BCUT2D eigenvalue weighted by atomic mass is 16.3. The Labute approximate surface area is 104 Å². The summed E-state index contributed by atoms with van der Waals surface area (Å²) in [5.74, 6) is 0.679. The highest BCUT2D eigenvalue weighted by Gasteiger charge is 2.04. The van der Waals surface area contributed by atoms with Crippen molar-refractivity contribution in [3.63, 3.8) is 0 Å². The molecule has 0 spiro atoms. The van der Waals surface area contributed by atoms with Crippen LogP contribution in [0.3, 0.4) is 0 Å². The average Bonchev–Trinajstić information content (AvgIpc) is 2.90. The number of hydrogen-bond donors (Lipinski definition) is 1. The number of nitrogens with zero attached hydrogens (tertiary/aromatic N) is 4. The molecule has 0 amide bonds. The van der Waals surface area contributed by atoms with Gasteiger partial charge in [-0.25, -0.2) is 4.98 Å². The number of rotatable bonds is 3. The molecule has 0 aliphatic carbocycles. The minimum Gasteiger partial charge on any atom is -0.441 e. The number of anilines is 1. The average molecular weight is 243 g/mol. The Morgan fingerprint density at radius 2 is 2.28 bits per heavy atom. The van der Waals surface area contributed by atoms with Gasteiger partial charge in [0.05, 0.1) is 18.4 Å². The van der Waals surface area contributed by atoms with Crippen molar-refractivity contribution < 1.29 is 4.42 Å². The summed E-state index contributed by atoms with van der Waals surface area (Å²) in [4.78, 5) is 4.30. The summed E-state index contributed by atoms with van der Waals surface area (Å²) in [6.07, 6.45) is 1.74. The lowest BCUT2D eigenvalue weighted by atomic mass is 10.3. The Morgan fingerprint density at radius 1 is 1.39 bits per heavy atom. The highest BCUT2D eigenvalue weighted by molar-refractivity contribution is 5.77. The fourth-order valence-electron chi connectivity index (χ4n) is 1.82. The molecule has 0 radical (unpaired) electrons. The third kappa shape index (κ3) is 1.92. The van der Waals surface area contributed by atoms with Crippen LogP contribution in [0.25, 0.3) is 11.1 Å². The molecule has 1 N–H and O–H groups in total. The molecule has 3 aromatic rings. The fraction of sp³-hybridized carbons (Fsp3) is 0.250. The van der Waals surface area contributed by atoms with Gasteiger partial charge in [-0.1, -0.05) is 5.21 Å². The second-order valence-electron chi connectivity index (χ2n) is 4.12. The van der Waals surface area contributed by atoms with E-state index in [0.717, 1.165) is 22.5 Å². The molecule has 3 rings (SSSR count). The Bertz CT molecular complexity index is 685. The molecule has 0 unspecified atom stereocenters. The molecule has 0 aliphatic rings. The Kier molecular flexibility index (Phi) is 2.47. The summed E-state index contributed by atoms with van der Waals surface area (Å²) in [7, 11) is 1.87. The topological polar surface area (TPSA) is 68.8 Å². The van der Waals surface area contributed by atoms with Gasteiger partial charge in [0.15, 0.2) is 11.5 Å². The molecule has 2 heterocycles. The number of fused-ring (bicyclic) bond motifs is 1. The first-order valence-corrected chi connectivity index (χ1v) is 5.67. The lowest BCUT2D eigenvalue weighted by Gasteiger charge is -2.05. The quantitative estimate of drug-likeness (QED) is 0.760. The van der Waals surface area contributed by atoms with E-state index in [1.165, 1.54) is 0 Å². The van der Waals surface area contributed by atoms with Crippen LogP contribution in [-0.2, 0) is 13.6 Å². The van der Waals surface area contributed by atoms with E-state index < -0.39 is 0 Å². The van der Waals surface area contributed by atoms with Crippen molar-refractivity contribution in [3.8, 4) is 0 Å². The van der Waals surface area contributed by atoms with Crippen molar-refractivity contribution >= 4 is 16.8 Å². The normalized spacial score (nSPS) is 11.0. The van der Waals surface area contributed by atoms with E-state index in [-0.39, 0.29) is 0 Å². The predicted octanol–water partition coefficient (Wildman–Crippen LogP) is 1.88. The zero-order valence-electron chi connectivity index (χ0n) is 10.2. The van der Waals surface area contributed by atoms with E-state index in [0.29, 0.717) is 12.4 Å². The van der Waals surface area contributed by atoms with E-state index in [1.807, 2.05) is 32.2 Å². The van der Waals surface area contributed by atoms with Crippen LogP contribution in [0.1, 0.15) is 11.6 Å². The molecule has 0 saturated heterocycles. The van der Waals surface area contributed by atoms with E-state index in [9.17, 15) is 0 Å². The van der Waals surface area contributed by atoms with Crippen molar-refractivity contribution in [3.05, 3.63) is 36.0 Å². The molecule has 0 aliphatic heterocycles. The van der Waals surface area contributed by atoms with Crippen LogP contribution in [0.15, 0.2) is 28.8 Å². The lowest BCUT2D eigenvalue weighted by Crippen LogP contribution is -2.05. The maximum Gasteiger partial charge on any atom is 0.192 e. The van der Waals surface area contributed by atoms with Crippen LogP contribution in [-0.4, -0.2) is 20.0 Å². The number of aryl methyl sites for hydroxylation is 2. The first-order valence-electron chi connectivity index (χ1n) is 5.67. The van der Waals surface area contributed by atoms with Crippen molar-refractivity contribution in [1.82, 2.24) is 20.0 Å². The molecule has 18 heavy (non-hydrogen) atoms. The molecule has 0 bridgehead atoms. The zero-order chi connectivity index (χ0) is 12.5. The van der Waals surface area contributed by atoms with Crippen molar-refractivity contribution in [1.29, 1.82) is 0 Å². The summed E-state index contributed by atoms with van der Waals surface area (Å²) in [6.45, 7) is 2.51. The van der Waals surface area contributed by atoms with Crippen molar-refractivity contribution in [2.75, 3.05) is 5.32 Å². The van der Waals surface area contributed by atoms with E-state index in [2.05, 4.69) is 20.6 Å². The summed E-state index contributed by atoms with van der Waals surface area (Å²) in [6, 6.07) is 5.85. The molecule has 2 aromatic heterocycles. The van der Waals surface area contributed by atoms with Gasteiger partial charge in [0.25, 0.3) is 0 Å². The Morgan fingerprint density at radius 3 is 3.06 bits per heavy atom. The van der Waals surface area contributed by atoms with E-state index >= 15 is 0 Å². The molecule has 0 atom stereocenters. The summed E-state index contributed by atoms with van der Waals surface area (Å²) in [5, 5.41) is 11.0. The minimum atomic E-state index is 0.672. The maximum absolute atomic E-state index is 5.43. The Balaban J connectivity index is 1.80. The molecular formula is C12H13N5O. The first-order chi connectivity index (χ1) is 8.72. The zero-order valence-corrected chi connectivity index (χ0v) is 10.2. The number of aromatic nitrogens is 4. The number of oxazole rings is 1. The van der Waals surface area contributed by atoms with Crippen LogP contribution >= 0.6 is 0 Å². The van der Waals surface area contributed by atoms with Gasteiger partial charge in [-0.15, -0.1) is 5.10 Å². The molecule has 0 saturated carbocycles. The molecule has 0 fully saturated rings. The Hall–Kier alpha value is -2.37. The summed E-state index contributed by atoms with van der Waals surface area (Å²) in [5.41, 5.74) is 3.68. The molecule has 6 nitrogen and oxygen atoms in total.